The number of hydrogen-bond acceptors (Lipinski definition) is 4. The molecule has 7 heteroatoms. The summed E-state index contributed by atoms with van der Waals surface area (Å²) in [7, 11) is 0.493. The number of pyridine rings is 1. The third-order valence-electron chi connectivity index (χ3n) is 3.81. The zero-order valence-corrected chi connectivity index (χ0v) is 13.5. The van der Waals surface area contributed by atoms with Crippen LogP contribution < -0.4 is 4.72 Å². The van der Waals surface area contributed by atoms with Gasteiger partial charge in [-0.25, -0.2) is 13.1 Å². The standard InChI is InChI=1S/C12H18BrN3O2S/c1-16(2)12(4-3-5-12)9-15-19(17,18)11-6-10(13)7-14-8-11/h6-8,15H,3-5,9H2,1-2H3. The summed E-state index contributed by atoms with van der Waals surface area (Å²) in [5, 5.41) is 0. The summed E-state index contributed by atoms with van der Waals surface area (Å²) >= 11 is 3.23. The maximum atomic E-state index is 12.2. The zero-order valence-electron chi connectivity index (χ0n) is 11.1. The molecule has 1 aromatic rings. The van der Waals surface area contributed by atoms with Crippen molar-refractivity contribution < 1.29 is 8.42 Å². The Balaban J connectivity index is 2.10. The van der Waals surface area contributed by atoms with E-state index in [1.807, 2.05) is 14.1 Å². The van der Waals surface area contributed by atoms with Crippen molar-refractivity contribution in [1.29, 1.82) is 0 Å². The lowest BCUT2D eigenvalue weighted by Gasteiger charge is -2.47. The Bertz CT molecular complexity index is 556. The SMILES string of the molecule is CN(C)C1(CNS(=O)(=O)c2cncc(Br)c2)CCC1. The smallest absolute Gasteiger partial charge is 0.242 e. The highest BCUT2D eigenvalue weighted by Gasteiger charge is 2.39. The minimum absolute atomic E-state index is 0.0352. The molecule has 0 bridgehead atoms. The Hall–Kier alpha value is -0.500. The van der Waals surface area contributed by atoms with Crippen LogP contribution in [0.3, 0.4) is 0 Å². The van der Waals surface area contributed by atoms with Crippen molar-refractivity contribution in [3.05, 3.63) is 22.9 Å². The number of likely N-dealkylation sites (N-methyl/N-ethyl adjacent to an activating group) is 1. The van der Waals surface area contributed by atoms with Crippen LogP contribution in [-0.2, 0) is 10.0 Å². The summed E-state index contributed by atoms with van der Waals surface area (Å²) in [4.78, 5) is 6.19. The molecular weight excluding hydrogens is 330 g/mol. The van der Waals surface area contributed by atoms with Gasteiger partial charge in [0.05, 0.1) is 0 Å². The first-order valence-corrected chi connectivity index (χ1v) is 8.41. The van der Waals surface area contributed by atoms with Crippen LogP contribution in [0.5, 0.6) is 0 Å². The highest BCUT2D eigenvalue weighted by Crippen LogP contribution is 2.35. The molecule has 1 aromatic heterocycles. The van der Waals surface area contributed by atoms with E-state index in [1.54, 1.807) is 12.3 Å². The molecule has 2 rings (SSSR count). The molecule has 0 amide bonds. The van der Waals surface area contributed by atoms with Crippen LogP contribution in [0.4, 0.5) is 0 Å². The van der Waals surface area contributed by atoms with Crippen molar-refractivity contribution in [3.63, 3.8) is 0 Å². The number of nitrogens with one attached hydrogen (secondary N) is 1. The van der Waals surface area contributed by atoms with Gasteiger partial charge in [-0.3, -0.25) is 4.98 Å². The maximum Gasteiger partial charge on any atom is 0.242 e. The van der Waals surface area contributed by atoms with Gasteiger partial charge < -0.3 is 4.90 Å². The lowest BCUT2D eigenvalue weighted by molar-refractivity contribution is 0.0657. The second-order valence-corrected chi connectivity index (χ2v) is 7.82. The van der Waals surface area contributed by atoms with Gasteiger partial charge in [0.15, 0.2) is 0 Å². The molecule has 0 spiro atoms. The van der Waals surface area contributed by atoms with Gasteiger partial charge in [-0.2, -0.15) is 0 Å². The molecule has 1 aliphatic rings. The highest BCUT2D eigenvalue weighted by molar-refractivity contribution is 9.10. The molecule has 0 saturated heterocycles. The van der Waals surface area contributed by atoms with Crippen molar-refractivity contribution in [2.45, 2.75) is 29.7 Å². The van der Waals surface area contributed by atoms with Gasteiger partial charge in [0.1, 0.15) is 4.90 Å². The van der Waals surface area contributed by atoms with Gasteiger partial charge >= 0.3 is 0 Å². The van der Waals surface area contributed by atoms with Crippen LogP contribution in [0, 0.1) is 0 Å². The van der Waals surface area contributed by atoms with Crippen molar-refractivity contribution in [1.82, 2.24) is 14.6 Å². The van der Waals surface area contributed by atoms with Gasteiger partial charge in [0, 0.05) is 29.0 Å². The molecule has 19 heavy (non-hydrogen) atoms. The molecule has 0 radical (unpaired) electrons. The molecule has 0 atom stereocenters. The summed E-state index contributed by atoms with van der Waals surface area (Å²) in [5.74, 6) is 0. The monoisotopic (exact) mass is 347 g/mol. The van der Waals surface area contributed by atoms with E-state index >= 15 is 0 Å². The number of nitrogens with zero attached hydrogens (tertiary/aromatic N) is 2. The maximum absolute atomic E-state index is 12.2. The fraction of sp³-hybridized carbons (Fsp3) is 0.583. The van der Waals surface area contributed by atoms with Crippen molar-refractivity contribution in [2.75, 3.05) is 20.6 Å². The minimum Gasteiger partial charge on any atom is -0.302 e. The van der Waals surface area contributed by atoms with Gasteiger partial charge in [-0.05, 0) is 55.4 Å². The van der Waals surface area contributed by atoms with Crippen molar-refractivity contribution in [3.8, 4) is 0 Å². The Morgan fingerprint density at radius 3 is 2.58 bits per heavy atom. The third kappa shape index (κ3) is 3.16. The molecule has 106 valence electrons. The van der Waals surface area contributed by atoms with E-state index in [-0.39, 0.29) is 10.4 Å². The highest BCUT2D eigenvalue weighted by atomic mass is 79.9. The summed E-state index contributed by atoms with van der Waals surface area (Å²) < 4.78 is 27.8. The number of aromatic nitrogens is 1. The largest absolute Gasteiger partial charge is 0.302 e. The van der Waals surface area contributed by atoms with E-state index in [4.69, 9.17) is 0 Å². The summed E-state index contributed by atoms with van der Waals surface area (Å²) in [6.45, 7) is 0.439. The first-order chi connectivity index (χ1) is 8.86. The van der Waals surface area contributed by atoms with E-state index in [9.17, 15) is 8.42 Å². The quantitative estimate of drug-likeness (QED) is 0.878. The van der Waals surface area contributed by atoms with E-state index in [2.05, 4.69) is 30.5 Å². The lowest BCUT2D eigenvalue weighted by Crippen LogP contribution is -2.57. The molecule has 1 fully saturated rings. The topological polar surface area (TPSA) is 62.3 Å². The number of hydrogen-bond donors (Lipinski definition) is 1. The first kappa shape index (κ1) is 14.9. The van der Waals surface area contributed by atoms with Gasteiger partial charge in [-0.15, -0.1) is 0 Å². The van der Waals surface area contributed by atoms with Crippen LogP contribution in [0.15, 0.2) is 27.8 Å². The number of sulfonamides is 1. The third-order valence-corrected chi connectivity index (χ3v) is 5.62. The second-order valence-electron chi connectivity index (χ2n) is 5.14. The fourth-order valence-corrected chi connectivity index (χ4v) is 3.84. The number of rotatable bonds is 5. The van der Waals surface area contributed by atoms with Crippen LogP contribution in [0.1, 0.15) is 19.3 Å². The average molecular weight is 348 g/mol. The molecular formula is C12H18BrN3O2S. The molecule has 0 aliphatic heterocycles. The van der Waals surface area contributed by atoms with E-state index < -0.39 is 10.0 Å². The molecule has 0 unspecified atom stereocenters. The molecule has 1 N–H and O–H groups in total. The van der Waals surface area contributed by atoms with E-state index in [0.29, 0.717) is 11.0 Å². The van der Waals surface area contributed by atoms with Crippen LogP contribution in [0.25, 0.3) is 0 Å². The van der Waals surface area contributed by atoms with E-state index in [1.165, 1.54) is 6.20 Å². The summed E-state index contributed by atoms with van der Waals surface area (Å²) in [6, 6.07) is 1.55. The van der Waals surface area contributed by atoms with E-state index in [0.717, 1.165) is 19.3 Å². The van der Waals surface area contributed by atoms with Crippen molar-refractivity contribution >= 4 is 26.0 Å². The van der Waals surface area contributed by atoms with Crippen molar-refractivity contribution in [2.24, 2.45) is 0 Å². The van der Waals surface area contributed by atoms with Crippen LogP contribution in [0.2, 0.25) is 0 Å². The molecule has 5 nitrogen and oxygen atoms in total. The zero-order chi connectivity index (χ0) is 14.1. The lowest BCUT2D eigenvalue weighted by atomic mass is 9.76. The molecule has 1 saturated carbocycles. The molecule has 1 aliphatic carbocycles. The average Bonchev–Trinajstić information content (AvgIpc) is 2.27. The summed E-state index contributed by atoms with van der Waals surface area (Å²) in [6.07, 6.45) is 6.12. The van der Waals surface area contributed by atoms with Crippen LogP contribution in [-0.4, -0.2) is 44.5 Å². The Morgan fingerprint density at radius 2 is 2.11 bits per heavy atom. The Kier molecular flexibility index (Phi) is 4.29. The predicted molar refractivity (Wildman–Crippen MR) is 77.4 cm³/mol. The minimum atomic E-state index is -3.49. The Labute approximate surface area is 122 Å². The first-order valence-electron chi connectivity index (χ1n) is 6.13. The van der Waals surface area contributed by atoms with Gasteiger partial charge in [0.25, 0.3) is 0 Å². The summed E-state index contributed by atoms with van der Waals surface area (Å²) in [5.41, 5.74) is -0.0352. The fourth-order valence-electron chi connectivity index (χ4n) is 2.22. The Morgan fingerprint density at radius 1 is 1.42 bits per heavy atom. The normalized spacial score (nSPS) is 18.3. The molecule has 1 heterocycles. The van der Waals surface area contributed by atoms with Gasteiger partial charge in [0.2, 0.25) is 10.0 Å². The number of halogens is 1. The van der Waals surface area contributed by atoms with Crippen LogP contribution >= 0.6 is 15.9 Å². The molecule has 0 aromatic carbocycles. The second kappa shape index (κ2) is 5.47. The van der Waals surface area contributed by atoms with Gasteiger partial charge in [-0.1, -0.05) is 0 Å². The predicted octanol–water partition coefficient (Wildman–Crippen LogP) is 1.61.